The van der Waals surface area contributed by atoms with Gasteiger partial charge < -0.3 is 10.1 Å². The van der Waals surface area contributed by atoms with Gasteiger partial charge >= 0.3 is 0 Å². The Hall–Kier alpha value is -1.90. The van der Waals surface area contributed by atoms with Crippen LogP contribution < -0.4 is 10.1 Å². The van der Waals surface area contributed by atoms with E-state index in [9.17, 15) is 13.2 Å². The van der Waals surface area contributed by atoms with Crippen LogP contribution in [0.5, 0.6) is 5.75 Å². The number of carbonyl (C=O) groups is 1. The Morgan fingerprint density at radius 2 is 1.79 bits per heavy atom. The zero-order valence-electron chi connectivity index (χ0n) is 16.0. The summed E-state index contributed by atoms with van der Waals surface area (Å²) in [5, 5.41) is 2.81. The third-order valence-electron chi connectivity index (χ3n) is 4.66. The normalized spacial score (nSPS) is 16.9. The highest BCUT2D eigenvalue weighted by Crippen LogP contribution is 2.26. The predicted molar refractivity (Wildman–Crippen MR) is 110 cm³/mol. The molecule has 0 saturated carbocycles. The van der Waals surface area contributed by atoms with Crippen molar-refractivity contribution in [1.29, 1.82) is 0 Å². The van der Waals surface area contributed by atoms with Gasteiger partial charge in [-0.3, -0.25) is 4.79 Å². The molecule has 0 spiro atoms. The van der Waals surface area contributed by atoms with E-state index < -0.39 is 16.1 Å². The number of para-hydroxylation sites is 1. The second-order valence-electron chi connectivity index (χ2n) is 6.83. The summed E-state index contributed by atoms with van der Waals surface area (Å²) in [7, 11) is -3.45. The van der Waals surface area contributed by atoms with Crippen molar-refractivity contribution in [3.8, 4) is 5.75 Å². The van der Waals surface area contributed by atoms with Crippen LogP contribution in [-0.2, 0) is 21.4 Å². The summed E-state index contributed by atoms with van der Waals surface area (Å²) < 4.78 is 33.2. The van der Waals surface area contributed by atoms with Crippen LogP contribution in [0.1, 0.15) is 37.5 Å². The number of nitrogens with one attached hydrogen (secondary N) is 1. The van der Waals surface area contributed by atoms with Gasteiger partial charge in [-0.25, -0.2) is 8.42 Å². The topological polar surface area (TPSA) is 75.7 Å². The molecule has 1 fully saturated rings. The molecule has 1 aliphatic heterocycles. The fourth-order valence-electron chi connectivity index (χ4n) is 3.08. The molecule has 6 nitrogen and oxygen atoms in total. The van der Waals surface area contributed by atoms with Gasteiger partial charge in [0.25, 0.3) is 15.9 Å². The molecule has 1 amide bonds. The number of thiophene rings is 1. The molecule has 152 valence electrons. The Kier molecular flexibility index (Phi) is 7.09. The number of carbonyl (C=O) groups excluding carboxylic acids is 1. The number of amides is 1. The van der Waals surface area contributed by atoms with Crippen LogP contribution in [0, 0.1) is 0 Å². The standard InChI is InChI=1S/C20H26N2O4S2/c1-16(26-17-9-5-4-6-10-17)20(23)21-15-18-11-12-19(27-18)28(24,25)22-13-7-2-3-8-14-22/h4-6,9-12,16H,2-3,7-8,13-15H2,1H3,(H,21,23)/t16-/m1/s1. The van der Waals surface area contributed by atoms with Gasteiger partial charge in [-0.1, -0.05) is 31.0 Å². The van der Waals surface area contributed by atoms with Gasteiger partial charge in [0, 0.05) is 18.0 Å². The van der Waals surface area contributed by atoms with Crippen molar-refractivity contribution < 1.29 is 17.9 Å². The van der Waals surface area contributed by atoms with Gasteiger partial charge in [0.05, 0.1) is 6.54 Å². The molecule has 28 heavy (non-hydrogen) atoms. The van der Waals surface area contributed by atoms with Crippen molar-refractivity contribution in [2.75, 3.05) is 13.1 Å². The fraction of sp³-hybridized carbons (Fsp3) is 0.450. The maximum atomic E-state index is 12.8. The minimum atomic E-state index is -3.45. The first-order valence-corrected chi connectivity index (χ1v) is 11.8. The minimum Gasteiger partial charge on any atom is -0.481 e. The number of benzene rings is 1. The molecule has 1 aromatic heterocycles. The van der Waals surface area contributed by atoms with E-state index in [1.165, 1.54) is 11.3 Å². The number of hydrogen-bond donors (Lipinski definition) is 1. The third-order valence-corrected chi connectivity index (χ3v) is 8.11. The minimum absolute atomic E-state index is 0.242. The SMILES string of the molecule is C[C@@H](Oc1ccccc1)C(=O)NCc1ccc(S(=O)(=O)N2CCCCCC2)s1. The summed E-state index contributed by atoms with van der Waals surface area (Å²) in [6.45, 7) is 3.13. The van der Waals surface area contributed by atoms with Gasteiger partial charge in [0.2, 0.25) is 0 Å². The zero-order valence-corrected chi connectivity index (χ0v) is 17.6. The monoisotopic (exact) mass is 422 g/mol. The van der Waals surface area contributed by atoms with E-state index in [-0.39, 0.29) is 12.5 Å². The Labute approximate surface area is 170 Å². The highest BCUT2D eigenvalue weighted by molar-refractivity contribution is 7.91. The van der Waals surface area contributed by atoms with Crippen molar-refractivity contribution in [1.82, 2.24) is 9.62 Å². The summed E-state index contributed by atoms with van der Waals surface area (Å²) in [6.07, 6.45) is 3.34. The lowest BCUT2D eigenvalue weighted by molar-refractivity contribution is -0.127. The smallest absolute Gasteiger partial charge is 0.261 e. The molecule has 3 rings (SSSR count). The van der Waals surface area contributed by atoms with Crippen molar-refractivity contribution in [3.63, 3.8) is 0 Å². The molecule has 1 aliphatic rings. The quantitative estimate of drug-likeness (QED) is 0.742. The lowest BCUT2D eigenvalue weighted by atomic mass is 10.2. The molecule has 1 atom stereocenters. The maximum absolute atomic E-state index is 12.8. The molecule has 1 saturated heterocycles. The van der Waals surface area contributed by atoms with E-state index in [4.69, 9.17) is 4.74 Å². The van der Waals surface area contributed by atoms with Gasteiger partial charge in [0.15, 0.2) is 6.10 Å². The predicted octanol–water partition coefficient (Wildman–Crippen LogP) is 3.40. The van der Waals surface area contributed by atoms with Gasteiger partial charge in [0.1, 0.15) is 9.96 Å². The van der Waals surface area contributed by atoms with Gasteiger partial charge in [-0.05, 0) is 44.0 Å². The highest BCUT2D eigenvalue weighted by Gasteiger charge is 2.26. The Bertz CT molecular complexity index is 873. The van der Waals surface area contributed by atoms with Gasteiger partial charge in [-0.15, -0.1) is 11.3 Å². The first-order valence-electron chi connectivity index (χ1n) is 9.55. The summed E-state index contributed by atoms with van der Waals surface area (Å²) in [5.74, 6) is 0.390. The van der Waals surface area contributed by atoms with Crippen molar-refractivity contribution in [2.24, 2.45) is 0 Å². The lowest BCUT2D eigenvalue weighted by Gasteiger charge is -2.18. The average Bonchev–Trinajstić information content (AvgIpc) is 3.00. The lowest BCUT2D eigenvalue weighted by Crippen LogP contribution is -2.35. The largest absolute Gasteiger partial charge is 0.481 e. The molecule has 0 unspecified atom stereocenters. The second-order valence-corrected chi connectivity index (χ2v) is 10.2. The molecule has 0 aliphatic carbocycles. The van der Waals surface area contributed by atoms with Crippen molar-refractivity contribution in [2.45, 2.75) is 49.5 Å². The van der Waals surface area contributed by atoms with Gasteiger partial charge in [-0.2, -0.15) is 4.31 Å². The molecule has 1 aromatic carbocycles. The van der Waals surface area contributed by atoms with Crippen LogP contribution in [0.2, 0.25) is 0 Å². The van der Waals surface area contributed by atoms with Crippen LogP contribution in [0.4, 0.5) is 0 Å². The van der Waals surface area contributed by atoms with E-state index in [0.29, 0.717) is 23.0 Å². The zero-order chi connectivity index (χ0) is 20.0. The molecular formula is C20H26N2O4S2. The summed E-state index contributed by atoms with van der Waals surface area (Å²) >= 11 is 1.21. The molecule has 8 heteroatoms. The molecular weight excluding hydrogens is 396 g/mol. The van der Waals surface area contributed by atoms with E-state index >= 15 is 0 Å². The second kappa shape index (κ2) is 9.54. The molecule has 2 aromatic rings. The van der Waals surface area contributed by atoms with Crippen LogP contribution >= 0.6 is 11.3 Å². The van der Waals surface area contributed by atoms with E-state index in [1.54, 1.807) is 35.5 Å². The Morgan fingerprint density at radius 3 is 2.46 bits per heavy atom. The van der Waals surface area contributed by atoms with E-state index in [0.717, 1.165) is 30.6 Å². The first-order chi connectivity index (χ1) is 13.5. The molecule has 1 N–H and O–H groups in total. The van der Waals surface area contributed by atoms with Crippen molar-refractivity contribution in [3.05, 3.63) is 47.3 Å². The first kappa shape index (κ1) is 20.8. The van der Waals surface area contributed by atoms with Crippen LogP contribution in [0.25, 0.3) is 0 Å². The van der Waals surface area contributed by atoms with Crippen molar-refractivity contribution >= 4 is 27.3 Å². The van der Waals surface area contributed by atoms with Crippen LogP contribution in [-0.4, -0.2) is 37.8 Å². The number of hydrogen-bond acceptors (Lipinski definition) is 5. The highest BCUT2D eigenvalue weighted by atomic mass is 32.2. The maximum Gasteiger partial charge on any atom is 0.261 e. The summed E-state index contributed by atoms with van der Waals surface area (Å²) in [5.41, 5.74) is 0. The molecule has 2 heterocycles. The van der Waals surface area contributed by atoms with Crippen LogP contribution in [0.15, 0.2) is 46.7 Å². The number of ether oxygens (including phenoxy) is 1. The number of nitrogens with zero attached hydrogens (tertiary/aromatic N) is 1. The van der Waals surface area contributed by atoms with E-state index in [1.807, 2.05) is 18.2 Å². The number of sulfonamides is 1. The molecule has 0 bridgehead atoms. The third kappa shape index (κ3) is 5.33. The average molecular weight is 423 g/mol. The molecule has 0 radical (unpaired) electrons. The Morgan fingerprint density at radius 1 is 1.11 bits per heavy atom. The summed E-state index contributed by atoms with van der Waals surface area (Å²) in [6, 6.07) is 12.6. The Balaban J connectivity index is 1.56. The van der Waals surface area contributed by atoms with Crippen LogP contribution in [0.3, 0.4) is 0 Å². The number of rotatable bonds is 7. The summed E-state index contributed by atoms with van der Waals surface area (Å²) in [4.78, 5) is 13.1. The fourth-order valence-corrected chi connectivity index (χ4v) is 6.04. The van der Waals surface area contributed by atoms with E-state index in [2.05, 4.69) is 5.32 Å².